The second kappa shape index (κ2) is 5.04. The molecule has 0 fully saturated rings. The van der Waals surface area contributed by atoms with Gasteiger partial charge in [-0.2, -0.15) is 22.0 Å². The first kappa shape index (κ1) is 15.8. The van der Waals surface area contributed by atoms with Crippen molar-refractivity contribution in [3.8, 4) is 0 Å². The third-order valence-electron chi connectivity index (χ3n) is 2.60. The van der Waals surface area contributed by atoms with E-state index in [1.807, 2.05) is 0 Å². The molecule has 0 aliphatic carbocycles. The lowest BCUT2D eigenvalue weighted by atomic mass is 10.1. The lowest BCUT2D eigenvalue weighted by Gasteiger charge is -2.21. The van der Waals surface area contributed by atoms with E-state index in [9.17, 15) is 26.7 Å². The summed E-state index contributed by atoms with van der Waals surface area (Å²) in [5.74, 6) is -6.83. The maximum atomic E-state index is 13.0. The van der Waals surface area contributed by atoms with Crippen molar-refractivity contribution in [2.75, 3.05) is 6.54 Å². The normalized spacial score (nSPS) is 15.6. The van der Waals surface area contributed by atoms with Crippen LogP contribution >= 0.6 is 12.4 Å². The van der Waals surface area contributed by atoms with Crippen molar-refractivity contribution in [2.45, 2.75) is 25.1 Å². The van der Waals surface area contributed by atoms with E-state index in [0.29, 0.717) is 6.54 Å². The minimum atomic E-state index is -5.79. The lowest BCUT2D eigenvalue weighted by molar-refractivity contribution is -0.292. The number of halogens is 6. The smallest absolute Gasteiger partial charge is 0.311 e. The van der Waals surface area contributed by atoms with Crippen LogP contribution in [0.1, 0.15) is 17.1 Å². The quantitative estimate of drug-likeness (QED) is 0.773. The summed E-state index contributed by atoms with van der Waals surface area (Å²) in [6.45, 7) is 0.451. The molecule has 2 rings (SSSR count). The predicted molar refractivity (Wildman–Crippen MR) is 57.5 cm³/mol. The number of nitrogens with one attached hydrogen (secondary N) is 2. The number of nitrogens with zero attached hydrogens (tertiary/aromatic N) is 1. The Morgan fingerprint density at radius 2 is 1.79 bits per heavy atom. The highest BCUT2D eigenvalue weighted by molar-refractivity contribution is 5.85. The van der Waals surface area contributed by atoms with Crippen LogP contribution in [0.3, 0.4) is 0 Å². The van der Waals surface area contributed by atoms with Gasteiger partial charge in [0.2, 0.25) is 0 Å². The van der Waals surface area contributed by atoms with Gasteiger partial charge in [-0.3, -0.25) is 4.79 Å². The summed E-state index contributed by atoms with van der Waals surface area (Å²) in [5.41, 5.74) is -0.861. The van der Waals surface area contributed by atoms with Gasteiger partial charge in [-0.05, 0) is 13.0 Å². The molecule has 2 N–H and O–H groups in total. The topological polar surface area (TPSA) is 57.8 Å². The van der Waals surface area contributed by atoms with Crippen molar-refractivity contribution in [2.24, 2.45) is 0 Å². The highest BCUT2D eigenvalue weighted by Gasteiger charge is 2.61. The minimum Gasteiger partial charge on any atom is -0.311 e. The summed E-state index contributed by atoms with van der Waals surface area (Å²) in [7, 11) is 0. The van der Waals surface area contributed by atoms with Gasteiger partial charge in [-0.15, -0.1) is 12.4 Å². The van der Waals surface area contributed by atoms with Gasteiger partial charge in [0.05, 0.1) is 5.69 Å². The van der Waals surface area contributed by atoms with E-state index in [1.165, 1.54) is 4.98 Å². The molecule has 19 heavy (non-hydrogen) atoms. The Morgan fingerprint density at radius 1 is 1.16 bits per heavy atom. The van der Waals surface area contributed by atoms with Gasteiger partial charge in [0, 0.05) is 12.1 Å². The zero-order valence-corrected chi connectivity index (χ0v) is 10.1. The summed E-state index contributed by atoms with van der Waals surface area (Å²) in [5, 5.41) is 2.74. The second-order valence-corrected chi connectivity index (χ2v) is 3.84. The van der Waals surface area contributed by atoms with E-state index in [-0.39, 0.29) is 36.6 Å². The standard InChI is InChI=1S/C9H8F5N3O.ClH/c10-8(11,9(12,13)14)7-16-5-3-15-2-1-4(5)6(18)17-7;/h15H,1-3H2,(H,16,17,18);1H. The van der Waals surface area contributed by atoms with Gasteiger partial charge in [0.1, 0.15) is 0 Å². The second-order valence-electron chi connectivity index (χ2n) is 3.84. The number of alkyl halides is 5. The molecule has 1 aliphatic heterocycles. The van der Waals surface area contributed by atoms with Crippen molar-refractivity contribution < 1.29 is 22.0 Å². The third kappa shape index (κ3) is 2.71. The number of aromatic amines is 1. The first-order valence-electron chi connectivity index (χ1n) is 5.01. The van der Waals surface area contributed by atoms with E-state index in [0.717, 1.165) is 0 Å². The summed E-state index contributed by atoms with van der Waals surface area (Å²) in [4.78, 5) is 16.2. The minimum absolute atomic E-state index is 0. The molecule has 0 radical (unpaired) electrons. The van der Waals surface area contributed by atoms with Gasteiger partial charge in [0.25, 0.3) is 5.56 Å². The molecular weight excluding hydrogens is 297 g/mol. The molecule has 0 aromatic carbocycles. The van der Waals surface area contributed by atoms with E-state index in [4.69, 9.17) is 0 Å². The van der Waals surface area contributed by atoms with Crippen LogP contribution in [0, 0.1) is 0 Å². The Labute approximate surface area is 109 Å². The van der Waals surface area contributed by atoms with Crippen LogP contribution in [0.5, 0.6) is 0 Å². The average Bonchev–Trinajstić information content (AvgIpc) is 2.27. The highest BCUT2D eigenvalue weighted by Crippen LogP contribution is 2.42. The molecule has 10 heteroatoms. The van der Waals surface area contributed by atoms with E-state index in [1.54, 1.807) is 0 Å². The molecule has 0 spiro atoms. The molecule has 1 aromatic heterocycles. The van der Waals surface area contributed by atoms with Gasteiger partial charge in [-0.1, -0.05) is 0 Å². The van der Waals surface area contributed by atoms with Gasteiger partial charge in [-0.25, -0.2) is 4.98 Å². The summed E-state index contributed by atoms with van der Waals surface area (Å²) in [6, 6.07) is 0. The maximum absolute atomic E-state index is 13.0. The number of aromatic nitrogens is 2. The molecule has 1 aromatic rings. The molecule has 0 bridgehead atoms. The number of hydrogen-bond acceptors (Lipinski definition) is 3. The Bertz CT molecular complexity index is 528. The molecule has 0 unspecified atom stereocenters. The monoisotopic (exact) mass is 305 g/mol. The van der Waals surface area contributed by atoms with Crippen LogP contribution in [-0.4, -0.2) is 22.7 Å². The van der Waals surface area contributed by atoms with Crippen LogP contribution in [0.25, 0.3) is 0 Å². The fourth-order valence-corrected chi connectivity index (χ4v) is 1.65. The number of fused-ring (bicyclic) bond motifs is 1. The van der Waals surface area contributed by atoms with Crippen molar-refractivity contribution in [3.63, 3.8) is 0 Å². The largest absolute Gasteiger partial charge is 0.461 e. The molecule has 2 heterocycles. The zero-order valence-electron chi connectivity index (χ0n) is 9.27. The van der Waals surface area contributed by atoms with Gasteiger partial charge < -0.3 is 10.3 Å². The fourth-order valence-electron chi connectivity index (χ4n) is 1.65. The van der Waals surface area contributed by atoms with E-state index >= 15 is 0 Å². The molecule has 0 atom stereocenters. The Kier molecular flexibility index (Phi) is 4.20. The van der Waals surface area contributed by atoms with Crippen molar-refractivity contribution in [1.82, 2.24) is 15.3 Å². The first-order chi connectivity index (χ1) is 8.23. The molecule has 1 aliphatic rings. The van der Waals surface area contributed by atoms with Crippen LogP contribution in [0.2, 0.25) is 0 Å². The Balaban J connectivity index is 0.00000180. The maximum Gasteiger partial charge on any atom is 0.461 e. The molecule has 0 saturated heterocycles. The molecule has 4 nitrogen and oxygen atoms in total. The van der Waals surface area contributed by atoms with Crippen LogP contribution in [-0.2, 0) is 18.9 Å². The Morgan fingerprint density at radius 3 is 2.37 bits per heavy atom. The lowest BCUT2D eigenvalue weighted by Crippen LogP contribution is -2.40. The van der Waals surface area contributed by atoms with Crippen LogP contribution < -0.4 is 10.9 Å². The molecule has 0 amide bonds. The SMILES string of the molecule is Cl.O=c1[nH]c(C(F)(F)C(F)(F)F)nc2c1CCNC2. The van der Waals surface area contributed by atoms with E-state index in [2.05, 4.69) is 10.3 Å². The summed E-state index contributed by atoms with van der Waals surface area (Å²) < 4.78 is 62.5. The zero-order chi connectivity index (χ0) is 13.6. The summed E-state index contributed by atoms with van der Waals surface area (Å²) in [6.07, 6.45) is -5.55. The summed E-state index contributed by atoms with van der Waals surface area (Å²) >= 11 is 0. The van der Waals surface area contributed by atoms with E-state index < -0.39 is 23.5 Å². The van der Waals surface area contributed by atoms with Crippen molar-refractivity contribution in [1.29, 1.82) is 0 Å². The first-order valence-corrected chi connectivity index (χ1v) is 5.01. The van der Waals surface area contributed by atoms with Gasteiger partial charge >= 0.3 is 12.1 Å². The number of rotatable bonds is 1. The Hall–Kier alpha value is -1.22. The number of hydrogen-bond donors (Lipinski definition) is 2. The van der Waals surface area contributed by atoms with Crippen LogP contribution in [0.15, 0.2) is 4.79 Å². The highest BCUT2D eigenvalue weighted by atomic mass is 35.5. The molecule has 108 valence electrons. The predicted octanol–water partition coefficient (Wildman–Crippen LogP) is 1.49. The average molecular weight is 306 g/mol. The van der Waals surface area contributed by atoms with Crippen LogP contribution in [0.4, 0.5) is 22.0 Å². The molecular formula is C9H9ClF5N3O. The van der Waals surface area contributed by atoms with Crippen molar-refractivity contribution >= 4 is 12.4 Å². The molecule has 0 saturated carbocycles. The fraction of sp³-hybridized carbons (Fsp3) is 0.556. The third-order valence-corrected chi connectivity index (χ3v) is 2.60. The van der Waals surface area contributed by atoms with Gasteiger partial charge in [0.15, 0.2) is 5.82 Å². The van der Waals surface area contributed by atoms with Crippen molar-refractivity contribution in [3.05, 3.63) is 27.4 Å². The number of H-pyrrole nitrogens is 1.